The molecule has 4 heteroatoms. The number of amides is 1. The van der Waals surface area contributed by atoms with Crippen LogP contribution in [0.15, 0.2) is 48.8 Å². The highest BCUT2D eigenvalue weighted by atomic mass is 16.5. The van der Waals surface area contributed by atoms with Crippen LogP contribution in [0, 0.1) is 12.8 Å². The second-order valence-corrected chi connectivity index (χ2v) is 6.80. The van der Waals surface area contributed by atoms with Gasteiger partial charge < -0.3 is 9.64 Å². The molecule has 2 heterocycles. The van der Waals surface area contributed by atoms with Gasteiger partial charge in [0, 0.05) is 31.3 Å². The molecule has 1 aliphatic carbocycles. The quantitative estimate of drug-likeness (QED) is 0.868. The fourth-order valence-corrected chi connectivity index (χ4v) is 3.68. The van der Waals surface area contributed by atoms with E-state index in [2.05, 4.69) is 36.2 Å². The second-order valence-electron chi connectivity index (χ2n) is 6.80. The van der Waals surface area contributed by atoms with Gasteiger partial charge in [-0.25, -0.2) is 0 Å². The Balaban J connectivity index is 1.35. The number of aromatic nitrogens is 1. The number of likely N-dealkylation sites (tertiary alicyclic amines) is 1. The number of hydrogen-bond acceptors (Lipinski definition) is 3. The predicted molar refractivity (Wildman–Crippen MR) is 91.9 cm³/mol. The van der Waals surface area contributed by atoms with Gasteiger partial charge in [-0.05, 0) is 42.5 Å². The van der Waals surface area contributed by atoms with Gasteiger partial charge in [0.2, 0.25) is 5.91 Å². The van der Waals surface area contributed by atoms with E-state index in [1.807, 2.05) is 17.0 Å². The van der Waals surface area contributed by atoms with Gasteiger partial charge in [-0.1, -0.05) is 24.3 Å². The van der Waals surface area contributed by atoms with Crippen molar-refractivity contribution in [2.24, 2.45) is 5.92 Å². The molecule has 1 aromatic carbocycles. The molecule has 2 fully saturated rings. The summed E-state index contributed by atoms with van der Waals surface area (Å²) in [6.07, 6.45) is 5.42. The number of aryl methyl sites for hydroxylation is 1. The molecular formula is C20H22N2O2. The summed E-state index contributed by atoms with van der Waals surface area (Å²) in [6.45, 7) is 3.62. The number of rotatable bonds is 4. The minimum atomic E-state index is 0.0898. The highest BCUT2D eigenvalue weighted by Gasteiger charge is 2.47. The van der Waals surface area contributed by atoms with E-state index in [9.17, 15) is 4.79 Å². The van der Waals surface area contributed by atoms with Crippen molar-refractivity contribution >= 4 is 5.91 Å². The van der Waals surface area contributed by atoms with E-state index in [0.717, 1.165) is 25.1 Å². The van der Waals surface area contributed by atoms with Crippen LogP contribution >= 0.6 is 0 Å². The van der Waals surface area contributed by atoms with Gasteiger partial charge in [0.25, 0.3) is 0 Å². The maximum absolute atomic E-state index is 12.8. The van der Waals surface area contributed by atoms with Gasteiger partial charge in [0.1, 0.15) is 11.9 Å². The summed E-state index contributed by atoms with van der Waals surface area (Å²) in [4.78, 5) is 18.7. The van der Waals surface area contributed by atoms with E-state index in [-0.39, 0.29) is 12.0 Å². The smallest absolute Gasteiger partial charge is 0.226 e. The van der Waals surface area contributed by atoms with Crippen LogP contribution in [-0.4, -0.2) is 35.0 Å². The summed E-state index contributed by atoms with van der Waals surface area (Å²) in [5, 5.41) is 0. The molecule has 2 aliphatic rings. The highest BCUT2D eigenvalue weighted by molar-refractivity contribution is 5.83. The third-order valence-corrected chi connectivity index (χ3v) is 5.10. The van der Waals surface area contributed by atoms with Gasteiger partial charge in [0.05, 0.1) is 6.54 Å². The molecule has 2 aromatic rings. The fourth-order valence-electron chi connectivity index (χ4n) is 3.68. The highest BCUT2D eigenvalue weighted by Crippen LogP contribution is 2.49. The van der Waals surface area contributed by atoms with Gasteiger partial charge in [0.15, 0.2) is 0 Å². The van der Waals surface area contributed by atoms with Crippen molar-refractivity contribution in [1.29, 1.82) is 0 Å². The number of hydrogen-bond donors (Lipinski definition) is 0. The van der Waals surface area contributed by atoms with Crippen LogP contribution in [0.1, 0.15) is 29.9 Å². The molecule has 3 atom stereocenters. The van der Waals surface area contributed by atoms with Crippen molar-refractivity contribution in [2.75, 3.05) is 13.1 Å². The second kappa shape index (κ2) is 6.27. The summed E-state index contributed by atoms with van der Waals surface area (Å²) in [5.41, 5.74) is 2.62. The van der Waals surface area contributed by atoms with E-state index in [0.29, 0.717) is 18.4 Å². The lowest BCUT2D eigenvalue weighted by Gasteiger charge is -2.17. The molecule has 4 nitrogen and oxygen atoms in total. The van der Waals surface area contributed by atoms with Crippen LogP contribution in [0.3, 0.4) is 0 Å². The zero-order valence-electron chi connectivity index (χ0n) is 13.9. The summed E-state index contributed by atoms with van der Waals surface area (Å²) in [5.74, 6) is 1.68. The van der Waals surface area contributed by atoms with E-state index in [4.69, 9.17) is 4.74 Å². The molecular weight excluding hydrogens is 300 g/mol. The molecule has 1 saturated carbocycles. The number of pyridine rings is 1. The maximum atomic E-state index is 12.8. The first-order valence-corrected chi connectivity index (χ1v) is 8.63. The lowest BCUT2D eigenvalue weighted by atomic mass is 10.0. The molecule has 4 rings (SSSR count). The standard InChI is InChI=1S/C20H22N2O2/c1-14-4-2-3-5-17(14)18-12-19(18)20(23)22-11-8-16(13-22)24-15-6-9-21-10-7-15/h2-7,9-10,16,18-19H,8,11-13H2,1H3/t16-,18+,19+/m1/s1. The van der Waals surface area contributed by atoms with Crippen LogP contribution in [-0.2, 0) is 4.79 Å². The van der Waals surface area contributed by atoms with Crippen molar-refractivity contribution < 1.29 is 9.53 Å². The Labute approximate surface area is 142 Å². The molecule has 124 valence electrons. The maximum Gasteiger partial charge on any atom is 0.226 e. The number of carbonyl (C=O) groups excluding carboxylic acids is 1. The Hall–Kier alpha value is -2.36. The Bertz CT molecular complexity index is 731. The number of benzene rings is 1. The predicted octanol–water partition coefficient (Wildman–Crippen LogP) is 3.17. The number of ether oxygens (including phenoxy) is 1. The molecule has 0 spiro atoms. The van der Waals surface area contributed by atoms with Crippen LogP contribution in [0.2, 0.25) is 0 Å². The molecule has 1 saturated heterocycles. The molecule has 0 bridgehead atoms. The Kier molecular flexibility index (Phi) is 3.97. The van der Waals surface area contributed by atoms with E-state index in [1.165, 1.54) is 11.1 Å². The van der Waals surface area contributed by atoms with Crippen molar-refractivity contribution in [3.8, 4) is 5.75 Å². The minimum Gasteiger partial charge on any atom is -0.488 e. The Morgan fingerprint density at radius 3 is 2.79 bits per heavy atom. The first-order chi connectivity index (χ1) is 11.7. The average molecular weight is 322 g/mol. The first-order valence-electron chi connectivity index (χ1n) is 8.63. The minimum absolute atomic E-state index is 0.0898. The van der Waals surface area contributed by atoms with E-state index < -0.39 is 0 Å². The Morgan fingerprint density at radius 1 is 1.21 bits per heavy atom. The monoisotopic (exact) mass is 322 g/mol. The lowest BCUT2D eigenvalue weighted by Crippen LogP contribution is -2.32. The largest absolute Gasteiger partial charge is 0.488 e. The summed E-state index contributed by atoms with van der Waals surface area (Å²) in [7, 11) is 0. The van der Waals surface area contributed by atoms with Gasteiger partial charge in [-0.15, -0.1) is 0 Å². The molecule has 0 radical (unpaired) electrons. The van der Waals surface area contributed by atoms with Gasteiger partial charge in [-0.3, -0.25) is 9.78 Å². The molecule has 0 N–H and O–H groups in total. The van der Waals surface area contributed by atoms with Crippen LogP contribution in [0.4, 0.5) is 0 Å². The summed E-state index contributed by atoms with van der Waals surface area (Å²) in [6, 6.07) is 12.1. The zero-order valence-corrected chi connectivity index (χ0v) is 13.9. The normalized spacial score (nSPS) is 25.5. The van der Waals surface area contributed by atoms with Crippen molar-refractivity contribution in [3.05, 3.63) is 59.9 Å². The molecule has 0 unspecified atom stereocenters. The molecule has 1 aliphatic heterocycles. The van der Waals surface area contributed by atoms with Gasteiger partial charge in [-0.2, -0.15) is 0 Å². The van der Waals surface area contributed by atoms with E-state index in [1.54, 1.807) is 12.4 Å². The van der Waals surface area contributed by atoms with Crippen molar-refractivity contribution in [3.63, 3.8) is 0 Å². The van der Waals surface area contributed by atoms with Crippen LogP contribution in [0.5, 0.6) is 5.75 Å². The summed E-state index contributed by atoms with van der Waals surface area (Å²) >= 11 is 0. The van der Waals surface area contributed by atoms with E-state index >= 15 is 0 Å². The first kappa shape index (κ1) is 15.2. The molecule has 1 amide bonds. The number of carbonyl (C=O) groups is 1. The zero-order chi connectivity index (χ0) is 16.5. The molecule has 1 aromatic heterocycles. The summed E-state index contributed by atoms with van der Waals surface area (Å²) < 4.78 is 5.95. The topological polar surface area (TPSA) is 42.4 Å². The Morgan fingerprint density at radius 2 is 2.00 bits per heavy atom. The van der Waals surface area contributed by atoms with Gasteiger partial charge >= 0.3 is 0 Å². The van der Waals surface area contributed by atoms with Crippen LogP contribution < -0.4 is 4.74 Å². The number of nitrogens with zero attached hydrogens (tertiary/aromatic N) is 2. The fraction of sp³-hybridized carbons (Fsp3) is 0.400. The van der Waals surface area contributed by atoms with Crippen LogP contribution in [0.25, 0.3) is 0 Å². The average Bonchev–Trinajstić information content (AvgIpc) is 3.26. The third kappa shape index (κ3) is 3.01. The lowest BCUT2D eigenvalue weighted by molar-refractivity contribution is -0.131. The van der Waals surface area contributed by atoms with Crippen molar-refractivity contribution in [2.45, 2.75) is 31.8 Å². The third-order valence-electron chi connectivity index (χ3n) is 5.10. The SMILES string of the molecule is Cc1ccccc1[C@@H]1C[C@@H]1C(=O)N1CC[C@@H](Oc2ccncc2)C1. The van der Waals surface area contributed by atoms with Crippen molar-refractivity contribution in [1.82, 2.24) is 9.88 Å². The molecule has 24 heavy (non-hydrogen) atoms.